The van der Waals surface area contributed by atoms with Gasteiger partial charge in [-0.3, -0.25) is 4.79 Å². The molecule has 0 aliphatic heterocycles. The quantitative estimate of drug-likeness (QED) is 0.447. The molecule has 1 N–H and O–H groups in total. The lowest BCUT2D eigenvalue weighted by atomic mass is 10.2. The van der Waals surface area contributed by atoms with Gasteiger partial charge in [-0.25, -0.2) is 5.43 Å². The van der Waals surface area contributed by atoms with Crippen LogP contribution in [0.15, 0.2) is 74.9 Å². The average Bonchev–Trinajstić information content (AvgIpc) is 3.22. The molecule has 0 spiro atoms. The van der Waals surface area contributed by atoms with Crippen molar-refractivity contribution in [3.63, 3.8) is 0 Å². The number of hydrogen-bond donors (Lipinski definition) is 1. The van der Waals surface area contributed by atoms with Gasteiger partial charge in [0, 0.05) is 0 Å². The Kier molecular flexibility index (Phi) is 6.27. The zero-order chi connectivity index (χ0) is 19.1. The van der Waals surface area contributed by atoms with Gasteiger partial charge in [0.2, 0.25) is 0 Å². The van der Waals surface area contributed by atoms with Gasteiger partial charge in [-0.1, -0.05) is 30.3 Å². The van der Waals surface area contributed by atoms with Gasteiger partial charge in [-0.15, -0.1) is 0 Å². The molecule has 1 amide bonds. The summed E-state index contributed by atoms with van der Waals surface area (Å²) in [6, 6.07) is 16.6. The maximum absolute atomic E-state index is 11.8. The van der Waals surface area contributed by atoms with E-state index >= 15 is 0 Å². The molecular weight excluding hydrogens is 412 g/mol. The number of methoxy groups -OCH3 is 1. The summed E-state index contributed by atoms with van der Waals surface area (Å²) in [6.45, 7) is 0.419. The van der Waals surface area contributed by atoms with Crippen LogP contribution in [0.25, 0.3) is 0 Å². The van der Waals surface area contributed by atoms with E-state index in [9.17, 15) is 4.79 Å². The van der Waals surface area contributed by atoms with Gasteiger partial charge in [-0.05, 0) is 51.3 Å². The first kappa shape index (κ1) is 18.7. The van der Waals surface area contributed by atoms with Crippen molar-refractivity contribution in [1.29, 1.82) is 0 Å². The zero-order valence-corrected chi connectivity index (χ0v) is 16.1. The second-order valence-electron chi connectivity index (χ2n) is 5.48. The molecule has 2 aromatic carbocycles. The van der Waals surface area contributed by atoms with Crippen molar-refractivity contribution >= 4 is 28.1 Å². The van der Waals surface area contributed by atoms with E-state index in [-0.39, 0.29) is 5.76 Å². The highest BCUT2D eigenvalue weighted by molar-refractivity contribution is 9.10. The van der Waals surface area contributed by atoms with E-state index in [1.54, 1.807) is 25.3 Å². The molecule has 0 aliphatic rings. The lowest BCUT2D eigenvalue weighted by molar-refractivity contribution is 0.0927. The van der Waals surface area contributed by atoms with E-state index in [2.05, 4.69) is 26.5 Å². The van der Waals surface area contributed by atoms with Crippen LogP contribution in [0, 0.1) is 0 Å². The largest absolute Gasteiger partial charge is 0.493 e. The van der Waals surface area contributed by atoms with Gasteiger partial charge >= 0.3 is 5.91 Å². The number of benzene rings is 2. The van der Waals surface area contributed by atoms with Crippen molar-refractivity contribution in [2.45, 2.75) is 6.61 Å². The standard InChI is InChI=1S/C20H17BrN2O4/c1-25-18-11-15(12-22-23-20(24)17-8-5-9-26-17)10-16(21)19(18)27-13-14-6-3-2-4-7-14/h2-12H,13H2,1H3,(H,23,24)/b22-12-. The van der Waals surface area contributed by atoms with E-state index in [1.807, 2.05) is 36.4 Å². The van der Waals surface area contributed by atoms with Crippen molar-refractivity contribution in [3.8, 4) is 11.5 Å². The summed E-state index contributed by atoms with van der Waals surface area (Å²) in [5.41, 5.74) is 4.18. The predicted octanol–water partition coefficient (Wildman–Crippen LogP) is 4.39. The van der Waals surface area contributed by atoms with E-state index in [0.717, 1.165) is 15.6 Å². The van der Waals surface area contributed by atoms with Crippen molar-refractivity contribution in [2.75, 3.05) is 7.11 Å². The molecule has 3 aromatic rings. The fourth-order valence-electron chi connectivity index (χ4n) is 2.31. The van der Waals surface area contributed by atoms with Crippen LogP contribution in [0.4, 0.5) is 0 Å². The minimum Gasteiger partial charge on any atom is -0.493 e. The third kappa shape index (κ3) is 4.98. The van der Waals surface area contributed by atoms with Gasteiger partial charge in [0.1, 0.15) is 6.61 Å². The number of hydrazone groups is 1. The highest BCUT2D eigenvalue weighted by Gasteiger charge is 2.12. The molecule has 6 nitrogen and oxygen atoms in total. The van der Waals surface area contributed by atoms with Crippen LogP contribution in [0.5, 0.6) is 11.5 Å². The SMILES string of the molecule is COc1cc(/C=N\NC(=O)c2ccco2)cc(Br)c1OCc1ccccc1. The zero-order valence-electron chi connectivity index (χ0n) is 14.5. The molecule has 0 radical (unpaired) electrons. The molecule has 138 valence electrons. The number of furan rings is 1. The smallest absolute Gasteiger partial charge is 0.307 e. The Balaban J connectivity index is 1.69. The number of hydrogen-bond acceptors (Lipinski definition) is 5. The van der Waals surface area contributed by atoms with Crippen molar-refractivity contribution in [2.24, 2.45) is 5.10 Å². The monoisotopic (exact) mass is 428 g/mol. The van der Waals surface area contributed by atoms with E-state index < -0.39 is 5.91 Å². The second-order valence-corrected chi connectivity index (χ2v) is 6.34. The summed E-state index contributed by atoms with van der Waals surface area (Å²) in [5, 5.41) is 3.94. The fraction of sp³-hybridized carbons (Fsp3) is 0.100. The minimum absolute atomic E-state index is 0.190. The summed E-state index contributed by atoms with van der Waals surface area (Å²) in [6.07, 6.45) is 2.93. The summed E-state index contributed by atoms with van der Waals surface area (Å²) < 4.78 is 17.0. The molecule has 0 unspecified atom stereocenters. The first-order valence-electron chi connectivity index (χ1n) is 8.08. The van der Waals surface area contributed by atoms with Crippen LogP contribution in [0.2, 0.25) is 0 Å². The maximum atomic E-state index is 11.8. The van der Waals surface area contributed by atoms with Crippen LogP contribution in [-0.4, -0.2) is 19.2 Å². The number of carbonyl (C=O) groups excluding carboxylic acids is 1. The molecule has 0 aliphatic carbocycles. The van der Waals surface area contributed by atoms with Crippen LogP contribution < -0.4 is 14.9 Å². The molecule has 1 aromatic heterocycles. The molecule has 0 fully saturated rings. The Labute approximate surface area is 164 Å². The molecule has 0 atom stereocenters. The van der Waals surface area contributed by atoms with Gasteiger partial charge in [0.15, 0.2) is 17.3 Å². The van der Waals surface area contributed by atoms with Crippen LogP contribution in [0.1, 0.15) is 21.7 Å². The van der Waals surface area contributed by atoms with Crippen LogP contribution in [0.3, 0.4) is 0 Å². The highest BCUT2D eigenvalue weighted by atomic mass is 79.9. The lowest BCUT2D eigenvalue weighted by Gasteiger charge is -2.13. The normalized spacial score (nSPS) is 10.7. The van der Waals surface area contributed by atoms with Crippen LogP contribution in [-0.2, 0) is 6.61 Å². The molecule has 3 rings (SSSR count). The van der Waals surface area contributed by atoms with Gasteiger partial charge in [0.05, 0.1) is 24.1 Å². The number of amides is 1. The Morgan fingerprint density at radius 1 is 1.22 bits per heavy atom. The number of rotatable bonds is 7. The summed E-state index contributed by atoms with van der Waals surface area (Å²) >= 11 is 3.50. The Bertz CT molecular complexity index is 925. The summed E-state index contributed by atoms with van der Waals surface area (Å²) in [7, 11) is 1.57. The van der Waals surface area contributed by atoms with Gasteiger partial charge < -0.3 is 13.9 Å². The molecular formula is C20H17BrN2O4. The number of carbonyl (C=O) groups is 1. The average molecular weight is 429 g/mol. The molecule has 27 heavy (non-hydrogen) atoms. The predicted molar refractivity (Wildman–Crippen MR) is 105 cm³/mol. The van der Waals surface area contributed by atoms with Crippen molar-refractivity contribution < 1.29 is 18.7 Å². The third-order valence-electron chi connectivity index (χ3n) is 3.60. The van der Waals surface area contributed by atoms with E-state index in [0.29, 0.717) is 18.1 Å². The van der Waals surface area contributed by atoms with Gasteiger partial charge in [0.25, 0.3) is 0 Å². The first-order valence-corrected chi connectivity index (χ1v) is 8.88. The Morgan fingerprint density at radius 3 is 2.74 bits per heavy atom. The third-order valence-corrected chi connectivity index (χ3v) is 4.19. The Hall–Kier alpha value is -3.06. The van der Waals surface area contributed by atoms with Crippen molar-refractivity contribution in [1.82, 2.24) is 5.43 Å². The molecule has 0 bridgehead atoms. The van der Waals surface area contributed by atoms with E-state index in [1.165, 1.54) is 12.5 Å². The maximum Gasteiger partial charge on any atom is 0.307 e. The minimum atomic E-state index is -0.426. The molecule has 7 heteroatoms. The summed E-state index contributed by atoms with van der Waals surface area (Å²) in [5.74, 6) is 0.915. The molecule has 0 saturated carbocycles. The Morgan fingerprint density at radius 2 is 2.04 bits per heavy atom. The number of nitrogens with one attached hydrogen (secondary N) is 1. The lowest BCUT2D eigenvalue weighted by Crippen LogP contribution is -2.16. The number of nitrogens with zero attached hydrogens (tertiary/aromatic N) is 1. The summed E-state index contributed by atoms with van der Waals surface area (Å²) in [4.78, 5) is 11.8. The van der Waals surface area contributed by atoms with Crippen molar-refractivity contribution in [3.05, 3.63) is 82.2 Å². The molecule has 0 saturated heterocycles. The molecule has 1 heterocycles. The number of halogens is 1. The van der Waals surface area contributed by atoms with Gasteiger partial charge in [-0.2, -0.15) is 5.10 Å². The van der Waals surface area contributed by atoms with E-state index in [4.69, 9.17) is 13.9 Å². The fourth-order valence-corrected chi connectivity index (χ4v) is 2.89. The first-order chi connectivity index (χ1) is 13.2. The second kappa shape index (κ2) is 9.05. The topological polar surface area (TPSA) is 73.1 Å². The highest BCUT2D eigenvalue weighted by Crippen LogP contribution is 2.36. The van der Waals surface area contributed by atoms with Crippen LogP contribution >= 0.6 is 15.9 Å². The number of ether oxygens (including phenoxy) is 2.